The normalized spacial score (nSPS) is 22.6. The van der Waals surface area contributed by atoms with E-state index in [1.165, 1.54) is 5.56 Å². The molecule has 1 atom stereocenters. The topological polar surface area (TPSA) is 40.6 Å². The summed E-state index contributed by atoms with van der Waals surface area (Å²) in [6.45, 7) is 1.32. The number of carbonyl (C=O) groups is 2. The van der Waals surface area contributed by atoms with Crippen LogP contribution in [0.2, 0.25) is 0 Å². The van der Waals surface area contributed by atoms with Gasteiger partial charge in [-0.25, -0.2) is 0 Å². The zero-order valence-electron chi connectivity index (χ0n) is 11.8. The Balaban J connectivity index is 1.86. The van der Waals surface area contributed by atoms with E-state index in [0.717, 1.165) is 31.5 Å². The van der Waals surface area contributed by atoms with Crippen molar-refractivity contribution in [3.05, 3.63) is 29.8 Å². The van der Waals surface area contributed by atoms with Crippen LogP contribution in [0, 0.1) is 5.92 Å². The van der Waals surface area contributed by atoms with E-state index in [1.54, 1.807) is 11.9 Å². The number of carbonyl (C=O) groups excluding carboxylic acids is 2. The van der Waals surface area contributed by atoms with Crippen LogP contribution in [-0.4, -0.2) is 36.9 Å². The van der Waals surface area contributed by atoms with Crippen LogP contribution in [0.4, 0.5) is 5.69 Å². The lowest BCUT2D eigenvalue weighted by Gasteiger charge is -2.25. The Labute approximate surface area is 119 Å². The molecule has 0 radical (unpaired) electrons. The molecule has 0 saturated carbocycles. The Kier molecular flexibility index (Phi) is 3.47. The van der Waals surface area contributed by atoms with Crippen molar-refractivity contribution < 1.29 is 9.59 Å². The summed E-state index contributed by atoms with van der Waals surface area (Å²) in [5.74, 6) is 0.00200. The molecule has 20 heavy (non-hydrogen) atoms. The standard InChI is InChI=1S/C16H20N2O2/c1-17-11-13(10-15(17)19)16(20)18-9-5-4-7-12-6-2-3-8-14(12)18/h2-3,6,8,13H,4-5,7,9-11H2,1H3/t13-/m1/s1. The number of para-hydroxylation sites is 1. The number of hydrogen-bond donors (Lipinski definition) is 0. The molecule has 4 nitrogen and oxygen atoms in total. The zero-order valence-corrected chi connectivity index (χ0v) is 11.8. The van der Waals surface area contributed by atoms with Crippen LogP contribution in [0.1, 0.15) is 24.8 Å². The van der Waals surface area contributed by atoms with Crippen molar-refractivity contribution in [2.24, 2.45) is 5.92 Å². The van der Waals surface area contributed by atoms with Gasteiger partial charge in [0.25, 0.3) is 0 Å². The minimum Gasteiger partial charge on any atom is -0.345 e. The van der Waals surface area contributed by atoms with E-state index in [4.69, 9.17) is 0 Å². The van der Waals surface area contributed by atoms with E-state index >= 15 is 0 Å². The van der Waals surface area contributed by atoms with E-state index in [1.807, 2.05) is 23.1 Å². The number of amides is 2. The highest BCUT2D eigenvalue weighted by molar-refractivity contribution is 5.99. The Bertz CT molecular complexity index is 541. The highest BCUT2D eigenvalue weighted by Gasteiger charge is 2.35. The van der Waals surface area contributed by atoms with Crippen molar-refractivity contribution in [2.45, 2.75) is 25.7 Å². The number of fused-ring (bicyclic) bond motifs is 1. The van der Waals surface area contributed by atoms with Gasteiger partial charge < -0.3 is 9.80 Å². The summed E-state index contributed by atoms with van der Waals surface area (Å²) in [4.78, 5) is 28.0. The lowest BCUT2D eigenvalue weighted by Crippen LogP contribution is -2.37. The Morgan fingerprint density at radius 2 is 2.05 bits per heavy atom. The first kappa shape index (κ1) is 13.2. The summed E-state index contributed by atoms with van der Waals surface area (Å²) in [6, 6.07) is 8.14. The largest absolute Gasteiger partial charge is 0.345 e. The van der Waals surface area contributed by atoms with Gasteiger partial charge in [0.1, 0.15) is 0 Å². The molecule has 1 saturated heterocycles. The van der Waals surface area contributed by atoms with Crippen LogP contribution in [0.25, 0.3) is 0 Å². The quantitative estimate of drug-likeness (QED) is 0.782. The fourth-order valence-electron chi connectivity index (χ4n) is 3.17. The third kappa shape index (κ3) is 2.30. The highest BCUT2D eigenvalue weighted by Crippen LogP contribution is 2.29. The van der Waals surface area contributed by atoms with Crippen LogP contribution in [0.5, 0.6) is 0 Å². The molecule has 2 aliphatic heterocycles. The maximum atomic E-state index is 12.8. The molecule has 3 rings (SSSR count). The van der Waals surface area contributed by atoms with Crippen molar-refractivity contribution in [2.75, 3.05) is 25.0 Å². The van der Waals surface area contributed by atoms with Gasteiger partial charge >= 0.3 is 0 Å². The maximum absolute atomic E-state index is 12.8. The molecule has 1 fully saturated rings. The van der Waals surface area contributed by atoms with Crippen molar-refractivity contribution in [3.8, 4) is 0 Å². The molecule has 0 N–H and O–H groups in total. The molecule has 0 aliphatic carbocycles. The van der Waals surface area contributed by atoms with Gasteiger partial charge in [-0.1, -0.05) is 18.2 Å². The summed E-state index contributed by atoms with van der Waals surface area (Å²) in [6.07, 6.45) is 3.53. The third-order valence-corrected chi connectivity index (χ3v) is 4.32. The number of aryl methyl sites for hydroxylation is 1. The minimum atomic E-state index is -0.182. The second kappa shape index (κ2) is 5.27. The van der Waals surface area contributed by atoms with Gasteiger partial charge in [0.05, 0.1) is 5.92 Å². The summed E-state index contributed by atoms with van der Waals surface area (Å²) >= 11 is 0. The van der Waals surface area contributed by atoms with Gasteiger partial charge in [0.2, 0.25) is 11.8 Å². The van der Waals surface area contributed by atoms with E-state index < -0.39 is 0 Å². The molecule has 1 aromatic rings. The van der Waals surface area contributed by atoms with Gasteiger partial charge in [-0.2, -0.15) is 0 Å². The SMILES string of the molecule is CN1C[C@H](C(=O)N2CCCCc3ccccc32)CC1=O. The molecular weight excluding hydrogens is 252 g/mol. The first-order valence-corrected chi connectivity index (χ1v) is 7.30. The minimum absolute atomic E-state index is 0.0754. The summed E-state index contributed by atoms with van der Waals surface area (Å²) < 4.78 is 0. The first-order chi connectivity index (χ1) is 9.66. The van der Waals surface area contributed by atoms with Crippen molar-refractivity contribution in [1.29, 1.82) is 0 Å². The molecular formula is C16H20N2O2. The summed E-state index contributed by atoms with van der Waals surface area (Å²) in [5.41, 5.74) is 2.29. The molecule has 1 aromatic carbocycles. The highest BCUT2D eigenvalue weighted by atomic mass is 16.2. The van der Waals surface area contributed by atoms with Crippen molar-refractivity contribution in [3.63, 3.8) is 0 Å². The molecule has 2 heterocycles. The number of likely N-dealkylation sites (tertiary alicyclic amines) is 1. The molecule has 0 bridgehead atoms. The number of hydrogen-bond acceptors (Lipinski definition) is 2. The molecule has 2 aliphatic rings. The van der Waals surface area contributed by atoms with Crippen molar-refractivity contribution >= 4 is 17.5 Å². The molecule has 0 spiro atoms. The van der Waals surface area contributed by atoms with Crippen molar-refractivity contribution in [1.82, 2.24) is 4.90 Å². The van der Waals surface area contributed by atoms with E-state index in [-0.39, 0.29) is 17.7 Å². The molecule has 4 heteroatoms. The smallest absolute Gasteiger partial charge is 0.232 e. The third-order valence-electron chi connectivity index (χ3n) is 4.32. The van der Waals surface area contributed by atoms with Crippen LogP contribution in [0.15, 0.2) is 24.3 Å². The number of rotatable bonds is 1. The van der Waals surface area contributed by atoms with Crippen LogP contribution < -0.4 is 4.90 Å². The zero-order chi connectivity index (χ0) is 14.1. The second-order valence-corrected chi connectivity index (χ2v) is 5.75. The van der Waals surface area contributed by atoms with Gasteiger partial charge in [-0.15, -0.1) is 0 Å². The van der Waals surface area contributed by atoms with E-state index in [0.29, 0.717) is 13.0 Å². The second-order valence-electron chi connectivity index (χ2n) is 5.75. The van der Waals surface area contributed by atoms with E-state index in [2.05, 4.69) is 6.07 Å². The van der Waals surface area contributed by atoms with Crippen LogP contribution in [-0.2, 0) is 16.0 Å². The van der Waals surface area contributed by atoms with Gasteiger partial charge in [-0.3, -0.25) is 9.59 Å². The molecule has 0 aromatic heterocycles. The Morgan fingerprint density at radius 3 is 2.80 bits per heavy atom. The predicted molar refractivity (Wildman–Crippen MR) is 77.5 cm³/mol. The summed E-state index contributed by atoms with van der Waals surface area (Å²) in [7, 11) is 1.77. The van der Waals surface area contributed by atoms with E-state index in [9.17, 15) is 9.59 Å². The molecule has 106 valence electrons. The van der Waals surface area contributed by atoms with Gasteiger partial charge in [0, 0.05) is 32.2 Å². The number of benzene rings is 1. The Morgan fingerprint density at radius 1 is 1.25 bits per heavy atom. The van der Waals surface area contributed by atoms with Crippen LogP contribution in [0.3, 0.4) is 0 Å². The molecule has 2 amide bonds. The monoisotopic (exact) mass is 272 g/mol. The first-order valence-electron chi connectivity index (χ1n) is 7.30. The van der Waals surface area contributed by atoms with Gasteiger partial charge in [-0.05, 0) is 30.9 Å². The average Bonchev–Trinajstić information content (AvgIpc) is 2.68. The lowest BCUT2D eigenvalue weighted by molar-refractivity contribution is -0.127. The maximum Gasteiger partial charge on any atom is 0.232 e. The predicted octanol–water partition coefficient (Wildman–Crippen LogP) is 1.83. The fourth-order valence-corrected chi connectivity index (χ4v) is 3.17. The summed E-state index contributed by atoms with van der Waals surface area (Å²) in [5, 5.41) is 0. The number of anilines is 1. The Hall–Kier alpha value is -1.84. The fraction of sp³-hybridized carbons (Fsp3) is 0.500. The molecule has 0 unspecified atom stereocenters. The van der Waals surface area contributed by atoms with Gasteiger partial charge in [0.15, 0.2) is 0 Å². The lowest BCUT2D eigenvalue weighted by atomic mass is 10.1. The average molecular weight is 272 g/mol. The number of nitrogens with zero attached hydrogens (tertiary/aromatic N) is 2. The van der Waals surface area contributed by atoms with Crippen LogP contribution >= 0.6 is 0 Å².